The van der Waals surface area contributed by atoms with Crippen LogP contribution in [0.3, 0.4) is 0 Å². The van der Waals surface area contributed by atoms with E-state index < -0.39 is 6.10 Å². The van der Waals surface area contributed by atoms with E-state index >= 15 is 0 Å². The topological polar surface area (TPSA) is 40.5 Å². The molecule has 1 atom stereocenters. The van der Waals surface area contributed by atoms with Gasteiger partial charge in [0.25, 0.3) is 0 Å². The van der Waals surface area contributed by atoms with Gasteiger partial charge in [0.15, 0.2) is 5.78 Å². The van der Waals surface area contributed by atoms with Gasteiger partial charge in [0.1, 0.15) is 5.82 Å². The first kappa shape index (κ1) is 16.8. The van der Waals surface area contributed by atoms with Crippen LogP contribution < -0.4 is 0 Å². The van der Waals surface area contributed by atoms with Gasteiger partial charge in [0.05, 0.1) is 6.10 Å². The lowest BCUT2D eigenvalue weighted by Gasteiger charge is -2.21. The quantitative estimate of drug-likeness (QED) is 0.856. The van der Waals surface area contributed by atoms with Crippen LogP contribution in [-0.2, 0) is 6.42 Å². The Balaban J connectivity index is 1.51. The molecule has 3 nitrogen and oxygen atoms in total. The van der Waals surface area contributed by atoms with Gasteiger partial charge in [-0.25, -0.2) is 4.39 Å². The second-order valence-corrected chi connectivity index (χ2v) is 6.30. The number of halogens is 1. The lowest BCUT2D eigenvalue weighted by molar-refractivity contribution is 0.0962. The predicted octanol–water partition coefficient (Wildman–Crippen LogP) is 3.38. The van der Waals surface area contributed by atoms with Crippen molar-refractivity contribution in [2.45, 2.75) is 25.4 Å². The van der Waals surface area contributed by atoms with Crippen LogP contribution in [0.1, 0.15) is 40.4 Å². The Morgan fingerprint density at radius 2 is 1.92 bits per heavy atom. The maximum Gasteiger partial charge on any atom is 0.162 e. The van der Waals surface area contributed by atoms with Crippen molar-refractivity contribution in [3.8, 4) is 0 Å². The van der Waals surface area contributed by atoms with Gasteiger partial charge in [-0.2, -0.15) is 0 Å². The lowest BCUT2D eigenvalue weighted by Crippen LogP contribution is -2.29. The van der Waals surface area contributed by atoms with Crippen molar-refractivity contribution in [2.75, 3.05) is 19.6 Å². The minimum Gasteiger partial charge on any atom is -0.387 e. The molecule has 0 spiro atoms. The number of rotatable bonds is 5. The monoisotopic (exact) mass is 327 g/mol. The molecule has 24 heavy (non-hydrogen) atoms. The van der Waals surface area contributed by atoms with E-state index in [4.69, 9.17) is 0 Å². The third-order valence-electron chi connectivity index (χ3n) is 4.59. The van der Waals surface area contributed by atoms with Gasteiger partial charge in [-0.1, -0.05) is 24.3 Å². The summed E-state index contributed by atoms with van der Waals surface area (Å²) in [7, 11) is 0. The molecular weight excluding hydrogens is 305 g/mol. The first-order valence-electron chi connectivity index (χ1n) is 8.40. The molecule has 126 valence electrons. The maximum absolute atomic E-state index is 12.9. The van der Waals surface area contributed by atoms with E-state index in [2.05, 4.69) is 11.0 Å². The smallest absolute Gasteiger partial charge is 0.162 e. The summed E-state index contributed by atoms with van der Waals surface area (Å²) < 4.78 is 12.9. The van der Waals surface area contributed by atoms with E-state index in [1.807, 2.05) is 18.2 Å². The van der Waals surface area contributed by atoms with Crippen molar-refractivity contribution in [1.82, 2.24) is 4.90 Å². The average Bonchev–Trinajstić information content (AvgIpc) is 2.75. The van der Waals surface area contributed by atoms with Crippen molar-refractivity contribution in [3.63, 3.8) is 0 Å². The van der Waals surface area contributed by atoms with Crippen LogP contribution >= 0.6 is 0 Å². The number of aliphatic hydroxyl groups is 1. The van der Waals surface area contributed by atoms with E-state index in [1.54, 1.807) is 0 Å². The molecule has 0 saturated heterocycles. The molecule has 0 bridgehead atoms. The molecule has 3 rings (SSSR count). The zero-order valence-corrected chi connectivity index (χ0v) is 13.6. The Hall–Kier alpha value is -2.04. The number of hydrogen-bond donors (Lipinski definition) is 1. The molecule has 1 heterocycles. The SMILES string of the molecule is O=C(CCCN1CCc2ccccc2C(O)C1)c1ccc(F)cc1. The lowest BCUT2D eigenvalue weighted by atomic mass is 10.0. The Labute approximate surface area is 141 Å². The van der Waals surface area contributed by atoms with E-state index in [0.717, 1.165) is 31.5 Å². The molecular formula is C20H22FNO2. The normalized spacial score (nSPS) is 18.0. The fourth-order valence-corrected chi connectivity index (χ4v) is 3.25. The van der Waals surface area contributed by atoms with Crippen molar-refractivity contribution in [3.05, 3.63) is 71.0 Å². The van der Waals surface area contributed by atoms with Crippen LogP contribution in [-0.4, -0.2) is 35.4 Å². The fraction of sp³-hybridized carbons (Fsp3) is 0.350. The molecule has 1 aliphatic heterocycles. The summed E-state index contributed by atoms with van der Waals surface area (Å²) in [6.45, 7) is 2.26. The number of fused-ring (bicyclic) bond motifs is 1. The standard InChI is InChI=1S/C20H22FNO2/c21-17-9-7-16(8-10-17)19(23)6-3-12-22-13-11-15-4-1-2-5-18(15)20(24)14-22/h1-2,4-5,7-10,20,24H,3,6,11-14H2. The summed E-state index contributed by atoms with van der Waals surface area (Å²) >= 11 is 0. The number of aliphatic hydroxyl groups excluding tert-OH is 1. The number of hydrogen-bond acceptors (Lipinski definition) is 3. The minimum atomic E-state index is -0.475. The van der Waals surface area contributed by atoms with Crippen molar-refractivity contribution in [1.29, 1.82) is 0 Å². The molecule has 0 radical (unpaired) electrons. The molecule has 1 N–H and O–H groups in total. The van der Waals surface area contributed by atoms with E-state index in [-0.39, 0.29) is 11.6 Å². The van der Waals surface area contributed by atoms with Crippen LogP contribution in [0.4, 0.5) is 4.39 Å². The highest BCUT2D eigenvalue weighted by atomic mass is 19.1. The summed E-state index contributed by atoms with van der Waals surface area (Å²) in [5, 5.41) is 10.4. The number of β-amino-alcohol motifs (C(OH)–C–C–N with tert-alkyl or cyclic N) is 1. The Kier molecular flexibility index (Phi) is 5.38. The van der Waals surface area contributed by atoms with E-state index in [0.29, 0.717) is 18.5 Å². The first-order valence-corrected chi connectivity index (χ1v) is 8.40. The summed E-state index contributed by atoms with van der Waals surface area (Å²) in [6.07, 6.45) is 1.61. The van der Waals surface area contributed by atoms with E-state index in [1.165, 1.54) is 29.8 Å². The van der Waals surface area contributed by atoms with Crippen molar-refractivity contribution in [2.24, 2.45) is 0 Å². The molecule has 0 fully saturated rings. The number of carbonyl (C=O) groups excluding carboxylic acids is 1. The van der Waals surface area contributed by atoms with Gasteiger partial charge in [-0.15, -0.1) is 0 Å². The zero-order chi connectivity index (χ0) is 16.9. The van der Waals surface area contributed by atoms with E-state index in [9.17, 15) is 14.3 Å². The summed E-state index contributed by atoms with van der Waals surface area (Å²) in [5.41, 5.74) is 2.77. The second-order valence-electron chi connectivity index (χ2n) is 6.30. The Bertz CT molecular complexity index is 699. The average molecular weight is 327 g/mol. The number of ketones is 1. The molecule has 0 amide bonds. The van der Waals surface area contributed by atoms with Gasteiger partial charge in [0.2, 0.25) is 0 Å². The highest BCUT2D eigenvalue weighted by molar-refractivity contribution is 5.95. The van der Waals surface area contributed by atoms with Crippen LogP contribution in [0.15, 0.2) is 48.5 Å². The predicted molar refractivity (Wildman–Crippen MR) is 91.5 cm³/mol. The van der Waals surface area contributed by atoms with Gasteiger partial charge < -0.3 is 10.0 Å². The van der Waals surface area contributed by atoms with Crippen molar-refractivity contribution < 1.29 is 14.3 Å². The van der Waals surface area contributed by atoms with Gasteiger partial charge in [-0.3, -0.25) is 4.79 Å². The first-order chi connectivity index (χ1) is 11.6. The molecule has 1 unspecified atom stereocenters. The zero-order valence-electron chi connectivity index (χ0n) is 13.6. The molecule has 2 aromatic carbocycles. The van der Waals surface area contributed by atoms with Crippen LogP contribution in [0.2, 0.25) is 0 Å². The molecule has 0 saturated carbocycles. The van der Waals surface area contributed by atoms with Crippen LogP contribution in [0.25, 0.3) is 0 Å². The number of carbonyl (C=O) groups is 1. The largest absolute Gasteiger partial charge is 0.387 e. The fourth-order valence-electron chi connectivity index (χ4n) is 3.25. The molecule has 1 aliphatic rings. The summed E-state index contributed by atoms with van der Waals surface area (Å²) in [4.78, 5) is 14.3. The molecule has 0 aromatic heterocycles. The number of nitrogens with zero attached hydrogens (tertiary/aromatic N) is 1. The number of benzene rings is 2. The summed E-state index contributed by atoms with van der Waals surface area (Å²) in [5.74, 6) is -0.293. The van der Waals surface area contributed by atoms with Gasteiger partial charge >= 0.3 is 0 Å². The minimum absolute atomic E-state index is 0.0358. The maximum atomic E-state index is 12.9. The second kappa shape index (κ2) is 7.69. The van der Waals surface area contributed by atoms with Crippen molar-refractivity contribution >= 4 is 5.78 Å². The van der Waals surface area contributed by atoms with Gasteiger partial charge in [0, 0.05) is 25.1 Å². The Morgan fingerprint density at radius 3 is 2.71 bits per heavy atom. The van der Waals surface area contributed by atoms with Gasteiger partial charge in [-0.05, 0) is 54.8 Å². The van der Waals surface area contributed by atoms with Crippen LogP contribution in [0.5, 0.6) is 0 Å². The molecule has 4 heteroatoms. The molecule has 0 aliphatic carbocycles. The molecule has 2 aromatic rings. The highest BCUT2D eigenvalue weighted by Crippen LogP contribution is 2.23. The van der Waals surface area contributed by atoms with Crippen LogP contribution in [0, 0.1) is 5.82 Å². The third kappa shape index (κ3) is 4.08. The summed E-state index contributed by atoms with van der Waals surface area (Å²) in [6, 6.07) is 13.7. The Morgan fingerprint density at radius 1 is 1.17 bits per heavy atom. The third-order valence-corrected chi connectivity index (χ3v) is 4.59. The highest BCUT2D eigenvalue weighted by Gasteiger charge is 2.20. The number of Topliss-reactive ketones (excluding diaryl/α,β-unsaturated/α-hetero) is 1.